The molecule has 0 radical (unpaired) electrons. The number of unbranched alkanes of at least 4 members (excludes halogenated alkanes) is 1. The van der Waals surface area contributed by atoms with Gasteiger partial charge >= 0.3 is 0 Å². The van der Waals surface area contributed by atoms with Crippen LogP contribution >= 0.6 is 0 Å². The van der Waals surface area contributed by atoms with Gasteiger partial charge in [-0.3, -0.25) is 4.79 Å². The number of fused-ring (bicyclic) bond motifs is 1. The first-order valence-corrected chi connectivity index (χ1v) is 7.48. The van der Waals surface area contributed by atoms with Crippen molar-refractivity contribution in [3.8, 4) is 5.75 Å². The fraction of sp³-hybridized carbons (Fsp3) is 0.438. The van der Waals surface area contributed by atoms with Crippen LogP contribution in [0.5, 0.6) is 5.75 Å². The van der Waals surface area contributed by atoms with Gasteiger partial charge in [0.1, 0.15) is 5.75 Å². The van der Waals surface area contributed by atoms with Gasteiger partial charge in [-0.25, -0.2) is 4.68 Å². The van der Waals surface area contributed by atoms with Crippen molar-refractivity contribution in [2.45, 2.75) is 32.6 Å². The van der Waals surface area contributed by atoms with E-state index in [0.29, 0.717) is 19.4 Å². The minimum Gasteiger partial charge on any atom is -0.497 e. The van der Waals surface area contributed by atoms with Crippen molar-refractivity contribution in [3.05, 3.63) is 34.9 Å². The van der Waals surface area contributed by atoms with Crippen molar-refractivity contribution < 1.29 is 9.53 Å². The highest BCUT2D eigenvalue weighted by Crippen LogP contribution is 2.26. The Morgan fingerprint density at radius 1 is 1.41 bits per heavy atom. The summed E-state index contributed by atoms with van der Waals surface area (Å²) >= 11 is 0. The predicted octanol–water partition coefficient (Wildman–Crippen LogP) is 3.03. The number of hydrogen-bond donors (Lipinski definition) is 1. The largest absolute Gasteiger partial charge is 0.497 e. The van der Waals surface area contributed by atoms with Crippen LogP contribution in [-0.2, 0) is 11.2 Å². The van der Waals surface area contributed by atoms with Crippen LogP contribution in [0.3, 0.4) is 0 Å². The highest BCUT2D eigenvalue weighted by Gasteiger charge is 2.10. The van der Waals surface area contributed by atoms with Crippen LogP contribution in [0.1, 0.15) is 31.7 Å². The van der Waals surface area contributed by atoms with Gasteiger partial charge in [0.05, 0.1) is 17.9 Å². The summed E-state index contributed by atoms with van der Waals surface area (Å²) < 4.78 is 6.53. The van der Waals surface area contributed by atoms with Crippen molar-refractivity contribution in [1.82, 2.24) is 9.99 Å². The summed E-state index contributed by atoms with van der Waals surface area (Å²) in [5, 5.41) is 6.81. The van der Waals surface area contributed by atoms with Crippen molar-refractivity contribution >= 4 is 16.8 Å². The number of ether oxygens (including phenoxy) is 1. The maximum Gasteiger partial charge on any atom is 0.220 e. The zero-order valence-corrected chi connectivity index (χ0v) is 13.0. The van der Waals surface area contributed by atoms with E-state index in [2.05, 4.69) is 17.5 Å². The van der Waals surface area contributed by atoms with E-state index in [1.54, 1.807) is 25.4 Å². The van der Waals surface area contributed by atoms with E-state index in [4.69, 9.17) is 4.74 Å². The first-order valence-electron chi connectivity index (χ1n) is 7.48. The molecule has 0 unspecified atom stereocenters. The van der Waals surface area contributed by atoms with Crippen LogP contribution < -0.4 is 10.1 Å². The van der Waals surface area contributed by atoms with Crippen molar-refractivity contribution in [1.29, 1.82) is 0 Å². The molecule has 118 valence electrons. The molecule has 0 spiro atoms. The molecule has 0 saturated heterocycles. The molecule has 0 aliphatic rings. The number of methoxy groups -OCH3 is 1. The molecule has 0 aliphatic heterocycles. The molecule has 6 heteroatoms. The number of amides is 1. The summed E-state index contributed by atoms with van der Waals surface area (Å²) in [5.41, 5.74) is 1.70. The Morgan fingerprint density at radius 2 is 2.23 bits per heavy atom. The lowest BCUT2D eigenvalue weighted by molar-refractivity contribution is -0.121. The maximum absolute atomic E-state index is 11.6. The zero-order chi connectivity index (χ0) is 15.9. The molecule has 1 N–H and O–H groups in total. The molecule has 1 aromatic carbocycles. The van der Waals surface area contributed by atoms with Crippen LogP contribution in [-0.4, -0.2) is 24.2 Å². The van der Waals surface area contributed by atoms with Gasteiger partial charge in [-0.15, -0.1) is 4.91 Å². The summed E-state index contributed by atoms with van der Waals surface area (Å²) in [6.07, 6.45) is 4.81. The molecule has 0 atom stereocenters. The summed E-state index contributed by atoms with van der Waals surface area (Å²) in [7, 11) is 1.60. The standard InChI is InChI=1S/C16H21N3O3/c1-3-4-5-16(20)17-9-8-12-11-19(18-21)15-7-6-13(22-2)10-14(12)15/h6-7,10-11H,3-5,8-9H2,1-2H3,(H,17,20). The van der Waals surface area contributed by atoms with Gasteiger partial charge in [0.25, 0.3) is 0 Å². The second-order valence-corrected chi connectivity index (χ2v) is 5.17. The van der Waals surface area contributed by atoms with Gasteiger partial charge in [0.2, 0.25) is 5.91 Å². The van der Waals surface area contributed by atoms with Crippen LogP contribution in [0.4, 0.5) is 0 Å². The first-order chi connectivity index (χ1) is 10.7. The zero-order valence-electron chi connectivity index (χ0n) is 13.0. The number of carbonyl (C=O) groups is 1. The van der Waals surface area contributed by atoms with E-state index in [-0.39, 0.29) is 5.91 Å². The highest BCUT2D eigenvalue weighted by atomic mass is 16.5. The van der Waals surface area contributed by atoms with Crippen LogP contribution in [0.2, 0.25) is 0 Å². The quantitative estimate of drug-likeness (QED) is 0.762. The average molecular weight is 303 g/mol. The van der Waals surface area contributed by atoms with E-state index < -0.39 is 0 Å². The molecule has 1 aromatic heterocycles. The maximum atomic E-state index is 11.6. The lowest BCUT2D eigenvalue weighted by Gasteiger charge is -2.04. The number of nitrogens with zero attached hydrogens (tertiary/aromatic N) is 2. The van der Waals surface area contributed by atoms with E-state index in [0.717, 1.165) is 35.1 Å². The number of aromatic nitrogens is 1. The second kappa shape index (κ2) is 7.59. The summed E-state index contributed by atoms with van der Waals surface area (Å²) in [6.45, 7) is 2.60. The Labute approximate surface area is 129 Å². The third-order valence-electron chi connectivity index (χ3n) is 3.64. The number of carbonyl (C=O) groups excluding carboxylic acids is 1. The molecule has 1 amide bonds. The average Bonchev–Trinajstić information content (AvgIpc) is 2.90. The monoisotopic (exact) mass is 303 g/mol. The third-order valence-corrected chi connectivity index (χ3v) is 3.64. The van der Waals surface area contributed by atoms with E-state index in [1.165, 1.54) is 4.68 Å². The molecule has 1 heterocycles. The number of hydrogen-bond acceptors (Lipinski definition) is 4. The first kappa shape index (κ1) is 16.0. The molecule has 0 aliphatic carbocycles. The van der Waals surface area contributed by atoms with Crippen LogP contribution in [0, 0.1) is 4.91 Å². The summed E-state index contributed by atoms with van der Waals surface area (Å²) in [5.74, 6) is 0.793. The Morgan fingerprint density at radius 3 is 2.91 bits per heavy atom. The lowest BCUT2D eigenvalue weighted by Crippen LogP contribution is -2.25. The van der Waals surface area contributed by atoms with E-state index in [9.17, 15) is 9.70 Å². The molecule has 6 nitrogen and oxygen atoms in total. The number of benzene rings is 1. The minimum absolute atomic E-state index is 0.0664. The van der Waals surface area contributed by atoms with Gasteiger partial charge < -0.3 is 10.1 Å². The topological polar surface area (TPSA) is 72.7 Å². The van der Waals surface area contributed by atoms with E-state index in [1.807, 2.05) is 6.07 Å². The van der Waals surface area contributed by atoms with Crippen LogP contribution in [0.15, 0.2) is 29.7 Å². The predicted molar refractivity (Wildman–Crippen MR) is 85.9 cm³/mol. The van der Waals surface area contributed by atoms with Gasteiger partial charge in [-0.1, -0.05) is 13.3 Å². The van der Waals surface area contributed by atoms with Gasteiger partial charge in [0, 0.05) is 24.5 Å². The fourth-order valence-electron chi connectivity index (χ4n) is 2.41. The molecule has 0 saturated carbocycles. The molecule has 0 bridgehead atoms. The molecule has 2 aromatic rings. The summed E-state index contributed by atoms with van der Waals surface area (Å²) in [6, 6.07) is 5.48. The molecule has 0 fully saturated rings. The number of rotatable bonds is 8. The van der Waals surface area contributed by atoms with Gasteiger partial charge in [-0.05, 0) is 36.6 Å². The summed E-state index contributed by atoms with van der Waals surface area (Å²) in [4.78, 5) is 22.5. The number of nitrogens with one attached hydrogen (secondary N) is 1. The molecular formula is C16H21N3O3. The highest BCUT2D eigenvalue weighted by molar-refractivity contribution is 5.85. The minimum atomic E-state index is 0.0664. The SMILES string of the molecule is CCCCC(=O)NCCc1cn(N=O)c2ccc(OC)cc12. The van der Waals surface area contributed by atoms with E-state index >= 15 is 0 Å². The second-order valence-electron chi connectivity index (χ2n) is 5.17. The molecule has 22 heavy (non-hydrogen) atoms. The third kappa shape index (κ3) is 3.63. The molecular weight excluding hydrogens is 282 g/mol. The molecule has 2 rings (SSSR count). The lowest BCUT2D eigenvalue weighted by atomic mass is 10.1. The van der Waals surface area contributed by atoms with Crippen LogP contribution in [0.25, 0.3) is 10.9 Å². The fourth-order valence-corrected chi connectivity index (χ4v) is 2.41. The smallest absolute Gasteiger partial charge is 0.220 e. The van der Waals surface area contributed by atoms with Gasteiger partial charge in [0.15, 0.2) is 0 Å². The Balaban J connectivity index is 2.10. The van der Waals surface area contributed by atoms with Crippen molar-refractivity contribution in [2.24, 2.45) is 5.29 Å². The van der Waals surface area contributed by atoms with Crippen molar-refractivity contribution in [3.63, 3.8) is 0 Å². The number of nitroso groups, excluding NO2 is 1. The van der Waals surface area contributed by atoms with Crippen molar-refractivity contribution in [2.75, 3.05) is 13.7 Å². The Kier molecular flexibility index (Phi) is 5.52. The normalized spacial score (nSPS) is 10.6. The van der Waals surface area contributed by atoms with Gasteiger partial charge in [-0.2, -0.15) is 0 Å². The Hall–Kier alpha value is -2.37. The Bertz CT molecular complexity index is 664.